The Balaban J connectivity index is 3.27. The lowest BCUT2D eigenvalue weighted by Crippen LogP contribution is -1.92. The number of Topliss-reactive ketones (excluding diaryl/α,β-unsaturated/α-hetero) is 1. The van der Waals surface area contributed by atoms with Crippen molar-refractivity contribution in [1.29, 1.82) is 0 Å². The summed E-state index contributed by atoms with van der Waals surface area (Å²) in [6.07, 6.45) is 6.12. The van der Waals surface area contributed by atoms with E-state index in [2.05, 4.69) is 0 Å². The van der Waals surface area contributed by atoms with Crippen LogP contribution >= 0.6 is 0 Å². The Labute approximate surface area is 56.8 Å². The molecule has 1 nitrogen and oxygen atoms in total. The molecule has 0 bridgehead atoms. The summed E-state index contributed by atoms with van der Waals surface area (Å²) < 4.78 is 0. The highest BCUT2D eigenvalue weighted by Crippen LogP contribution is 1.94. The molecule has 52 valence electrons. The van der Waals surface area contributed by atoms with Gasteiger partial charge in [0.15, 0.2) is 0 Å². The first-order valence-corrected chi connectivity index (χ1v) is 3.44. The Morgan fingerprint density at radius 1 is 1.56 bits per heavy atom. The number of carbonyl (C=O) groups excluding carboxylic acids is 1. The third-order valence-electron chi connectivity index (χ3n) is 1.11. The van der Waals surface area contributed by atoms with Crippen LogP contribution in [0.15, 0.2) is 12.2 Å². The normalized spacial score (nSPS) is 10.4. The van der Waals surface area contributed by atoms with Gasteiger partial charge in [-0.2, -0.15) is 0 Å². The van der Waals surface area contributed by atoms with Gasteiger partial charge in [-0.1, -0.05) is 19.1 Å². The van der Waals surface area contributed by atoms with Crippen LogP contribution in [0.2, 0.25) is 0 Å². The average molecular weight is 126 g/mol. The maximum atomic E-state index is 10.8. The van der Waals surface area contributed by atoms with Crippen LogP contribution in [0.5, 0.6) is 0 Å². The van der Waals surface area contributed by atoms with E-state index in [0.29, 0.717) is 12.2 Å². The smallest absolute Gasteiger partial charge is 0.136 e. The summed E-state index contributed by atoms with van der Waals surface area (Å²) in [4.78, 5) is 10.8. The second-order valence-corrected chi connectivity index (χ2v) is 2.06. The zero-order chi connectivity index (χ0) is 7.11. The minimum Gasteiger partial charge on any atom is -0.299 e. The SMILES string of the molecule is CC=CCC(=O)CCC. The van der Waals surface area contributed by atoms with Gasteiger partial charge in [0.2, 0.25) is 0 Å². The van der Waals surface area contributed by atoms with Crippen molar-refractivity contribution in [3.05, 3.63) is 12.2 Å². The van der Waals surface area contributed by atoms with E-state index < -0.39 is 0 Å². The van der Waals surface area contributed by atoms with E-state index in [-0.39, 0.29) is 0 Å². The summed E-state index contributed by atoms with van der Waals surface area (Å²) in [7, 11) is 0. The monoisotopic (exact) mass is 126 g/mol. The van der Waals surface area contributed by atoms with E-state index in [4.69, 9.17) is 0 Å². The third kappa shape index (κ3) is 5.28. The Kier molecular flexibility index (Phi) is 5.18. The molecule has 9 heavy (non-hydrogen) atoms. The maximum absolute atomic E-state index is 10.8. The molecule has 0 atom stereocenters. The van der Waals surface area contributed by atoms with Crippen molar-refractivity contribution >= 4 is 5.78 Å². The van der Waals surface area contributed by atoms with Gasteiger partial charge in [0, 0.05) is 12.8 Å². The maximum Gasteiger partial charge on any atom is 0.136 e. The summed E-state index contributed by atoms with van der Waals surface area (Å²) in [5.74, 6) is 0.343. The molecule has 0 N–H and O–H groups in total. The first-order chi connectivity index (χ1) is 4.31. The van der Waals surface area contributed by atoms with Crippen LogP contribution in [0.3, 0.4) is 0 Å². The largest absolute Gasteiger partial charge is 0.299 e. The van der Waals surface area contributed by atoms with Crippen molar-refractivity contribution in [3.63, 3.8) is 0 Å². The third-order valence-corrected chi connectivity index (χ3v) is 1.11. The summed E-state index contributed by atoms with van der Waals surface area (Å²) in [6, 6.07) is 0. The minimum atomic E-state index is 0.343. The van der Waals surface area contributed by atoms with Crippen molar-refractivity contribution < 1.29 is 4.79 Å². The van der Waals surface area contributed by atoms with Crippen molar-refractivity contribution in [2.45, 2.75) is 33.1 Å². The van der Waals surface area contributed by atoms with Crippen LogP contribution in [0.1, 0.15) is 33.1 Å². The Hall–Kier alpha value is -0.590. The van der Waals surface area contributed by atoms with E-state index in [1.165, 1.54) is 0 Å². The standard InChI is InChI=1S/C8H14O/c1-3-5-7-8(9)6-4-2/h3,5H,4,6-7H2,1-2H3. The highest BCUT2D eigenvalue weighted by atomic mass is 16.1. The predicted molar refractivity (Wildman–Crippen MR) is 39.3 cm³/mol. The zero-order valence-corrected chi connectivity index (χ0v) is 6.18. The van der Waals surface area contributed by atoms with E-state index in [0.717, 1.165) is 12.8 Å². The molecule has 0 saturated heterocycles. The molecule has 0 aromatic heterocycles. The summed E-state index contributed by atoms with van der Waals surface area (Å²) in [5.41, 5.74) is 0. The summed E-state index contributed by atoms with van der Waals surface area (Å²) in [6.45, 7) is 3.95. The van der Waals surface area contributed by atoms with Crippen molar-refractivity contribution in [1.82, 2.24) is 0 Å². The van der Waals surface area contributed by atoms with Gasteiger partial charge >= 0.3 is 0 Å². The lowest BCUT2D eigenvalue weighted by Gasteiger charge is -1.89. The fourth-order valence-electron chi connectivity index (χ4n) is 0.630. The van der Waals surface area contributed by atoms with Gasteiger partial charge in [-0.05, 0) is 13.3 Å². The van der Waals surface area contributed by atoms with Gasteiger partial charge < -0.3 is 0 Å². The topological polar surface area (TPSA) is 17.1 Å². The van der Waals surface area contributed by atoms with Gasteiger partial charge in [0.05, 0.1) is 0 Å². The Morgan fingerprint density at radius 3 is 2.67 bits per heavy atom. The molecule has 0 fully saturated rings. The van der Waals surface area contributed by atoms with Gasteiger partial charge in [-0.25, -0.2) is 0 Å². The van der Waals surface area contributed by atoms with Crippen molar-refractivity contribution in [2.75, 3.05) is 0 Å². The molecule has 0 aliphatic carbocycles. The summed E-state index contributed by atoms with van der Waals surface area (Å²) in [5, 5.41) is 0. The zero-order valence-electron chi connectivity index (χ0n) is 6.18. The van der Waals surface area contributed by atoms with E-state index in [9.17, 15) is 4.79 Å². The van der Waals surface area contributed by atoms with Crippen LogP contribution in [-0.4, -0.2) is 5.78 Å². The molecule has 0 saturated carbocycles. The van der Waals surface area contributed by atoms with Crippen molar-refractivity contribution in [2.24, 2.45) is 0 Å². The number of hydrogen-bond donors (Lipinski definition) is 0. The fourth-order valence-corrected chi connectivity index (χ4v) is 0.630. The van der Waals surface area contributed by atoms with Crippen LogP contribution in [-0.2, 0) is 4.79 Å². The molecule has 1 heteroatoms. The molecule has 0 rings (SSSR count). The first kappa shape index (κ1) is 8.41. The Bertz CT molecular complexity index is 103. The molecule has 0 radical (unpaired) electrons. The number of allylic oxidation sites excluding steroid dienone is 2. The lowest BCUT2D eigenvalue weighted by atomic mass is 10.2. The van der Waals surface area contributed by atoms with E-state index in [1.807, 2.05) is 26.0 Å². The number of carbonyl (C=O) groups is 1. The van der Waals surface area contributed by atoms with E-state index >= 15 is 0 Å². The van der Waals surface area contributed by atoms with Crippen LogP contribution in [0.4, 0.5) is 0 Å². The molecular weight excluding hydrogens is 112 g/mol. The molecule has 0 aromatic carbocycles. The predicted octanol–water partition coefficient (Wildman–Crippen LogP) is 2.32. The molecule has 0 aliphatic heterocycles. The van der Waals surface area contributed by atoms with Crippen molar-refractivity contribution in [3.8, 4) is 0 Å². The highest BCUT2D eigenvalue weighted by Gasteiger charge is 1.93. The molecule has 0 spiro atoms. The molecule has 0 aromatic rings. The lowest BCUT2D eigenvalue weighted by molar-refractivity contribution is -0.118. The molecule has 0 heterocycles. The number of ketones is 1. The summed E-state index contributed by atoms with van der Waals surface area (Å²) >= 11 is 0. The fraction of sp³-hybridized carbons (Fsp3) is 0.625. The average Bonchev–Trinajstić information content (AvgIpc) is 1.85. The van der Waals surface area contributed by atoms with Gasteiger partial charge in [-0.15, -0.1) is 0 Å². The number of hydrogen-bond acceptors (Lipinski definition) is 1. The second kappa shape index (κ2) is 5.54. The van der Waals surface area contributed by atoms with Crippen LogP contribution in [0, 0.1) is 0 Å². The van der Waals surface area contributed by atoms with E-state index in [1.54, 1.807) is 0 Å². The quantitative estimate of drug-likeness (QED) is 0.528. The van der Waals surface area contributed by atoms with Crippen LogP contribution < -0.4 is 0 Å². The van der Waals surface area contributed by atoms with Gasteiger partial charge in [-0.3, -0.25) is 4.79 Å². The van der Waals surface area contributed by atoms with Crippen LogP contribution in [0.25, 0.3) is 0 Å². The number of rotatable bonds is 4. The van der Waals surface area contributed by atoms with Gasteiger partial charge in [0.1, 0.15) is 5.78 Å². The molecule has 0 amide bonds. The first-order valence-electron chi connectivity index (χ1n) is 3.44. The molecule has 0 unspecified atom stereocenters. The Morgan fingerprint density at radius 2 is 2.22 bits per heavy atom. The highest BCUT2D eigenvalue weighted by molar-refractivity contribution is 5.79. The minimum absolute atomic E-state index is 0.343. The second-order valence-electron chi connectivity index (χ2n) is 2.06. The molecular formula is C8H14O. The molecule has 0 aliphatic rings. The van der Waals surface area contributed by atoms with Gasteiger partial charge in [0.25, 0.3) is 0 Å².